The lowest BCUT2D eigenvalue weighted by Gasteiger charge is -2.07. The highest BCUT2D eigenvalue weighted by Crippen LogP contribution is 2.38. The Hall–Kier alpha value is -2.06. The predicted molar refractivity (Wildman–Crippen MR) is 86.1 cm³/mol. The van der Waals surface area contributed by atoms with E-state index >= 15 is 0 Å². The van der Waals surface area contributed by atoms with Gasteiger partial charge in [-0.15, -0.1) is 5.10 Å². The molecule has 1 fully saturated rings. The SMILES string of the molecule is NC/C(=C\F)COc1ccc(-c2nc(C3CC3)nn2[SH]=O)cc1. The van der Waals surface area contributed by atoms with Crippen molar-refractivity contribution in [2.24, 2.45) is 5.73 Å². The summed E-state index contributed by atoms with van der Waals surface area (Å²) in [5.74, 6) is 2.28. The third-order valence-electron chi connectivity index (χ3n) is 3.58. The quantitative estimate of drug-likeness (QED) is 0.752. The van der Waals surface area contributed by atoms with Crippen molar-refractivity contribution >= 4 is 11.9 Å². The molecule has 8 heteroatoms. The zero-order chi connectivity index (χ0) is 16.2. The van der Waals surface area contributed by atoms with E-state index < -0.39 is 0 Å². The molecule has 0 amide bonds. The van der Waals surface area contributed by atoms with Gasteiger partial charge in [0.15, 0.2) is 11.6 Å². The van der Waals surface area contributed by atoms with Gasteiger partial charge >= 0.3 is 0 Å². The minimum Gasteiger partial charge on any atom is -0.489 e. The molecule has 23 heavy (non-hydrogen) atoms. The summed E-state index contributed by atoms with van der Waals surface area (Å²) in [6.07, 6.45) is 2.62. The first-order chi connectivity index (χ1) is 11.2. The van der Waals surface area contributed by atoms with Crippen LogP contribution in [0.15, 0.2) is 36.2 Å². The molecule has 1 aliphatic rings. The van der Waals surface area contributed by atoms with E-state index in [0.29, 0.717) is 29.4 Å². The lowest BCUT2D eigenvalue weighted by Crippen LogP contribution is -2.10. The number of nitrogens with zero attached hydrogens (tertiary/aromatic N) is 3. The lowest BCUT2D eigenvalue weighted by molar-refractivity contribution is 0.347. The van der Waals surface area contributed by atoms with Crippen molar-refractivity contribution in [3.05, 3.63) is 42.0 Å². The van der Waals surface area contributed by atoms with E-state index in [-0.39, 0.29) is 25.0 Å². The molecule has 2 aromatic rings. The Bertz CT molecular complexity index is 726. The van der Waals surface area contributed by atoms with Crippen LogP contribution in [-0.2, 0) is 11.9 Å². The second kappa shape index (κ2) is 7.01. The zero-order valence-corrected chi connectivity index (χ0v) is 13.2. The lowest BCUT2D eigenvalue weighted by atomic mass is 10.2. The molecule has 6 nitrogen and oxygen atoms in total. The molecule has 0 radical (unpaired) electrons. The number of hydrogen-bond acceptors (Lipinski definition) is 5. The maximum atomic E-state index is 12.4. The molecular weight excluding hydrogens is 319 g/mol. The number of benzene rings is 1. The van der Waals surface area contributed by atoms with Crippen molar-refractivity contribution < 1.29 is 13.3 Å². The number of ether oxygens (including phenoxy) is 1. The van der Waals surface area contributed by atoms with Crippen LogP contribution in [0.3, 0.4) is 0 Å². The monoisotopic (exact) mass is 336 g/mol. The van der Waals surface area contributed by atoms with E-state index in [1.807, 2.05) is 0 Å². The van der Waals surface area contributed by atoms with Crippen LogP contribution in [0.1, 0.15) is 24.6 Å². The Labute approximate surface area is 136 Å². The van der Waals surface area contributed by atoms with Gasteiger partial charge in [-0.2, -0.15) is 4.09 Å². The average molecular weight is 336 g/mol. The van der Waals surface area contributed by atoms with Crippen LogP contribution in [0.4, 0.5) is 4.39 Å². The maximum absolute atomic E-state index is 12.4. The van der Waals surface area contributed by atoms with Crippen LogP contribution in [0.2, 0.25) is 0 Å². The standard InChI is InChI=1S/C15H17FN4O2S/c16-7-10(8-17)9-22-13-5-3-12(4-6-13)15-18-14(11-1-2-11)19-20(15)23-21/h3-7,11,23H,1-2,8-9,17H2/b10-7+. The van der Waals surface area contributed by atoms with Crippen LogP contribution >= 0.6 is 0 Å². The summed E-state index contributed by atoms with van der Waals surface area (Å²) >= 11 is -0.216. The van der Waals surface area contributed by atoms with Gasteiger partial charge in [0.2, 0.25) is 0 Å². The summed E-state index contributed by atoms with van der Waals surface area (Å²) in [7, 11) is 0. The summed E-state index contributed by atoms with van der Waals surface area (Å²) in [6, 6.07) is 7.11. The molecular formula is C15H17FN4O2S. The molecule has 0 spiro atoms. The highest BCUT2D eigenvalue weighted by atomic mass is 32.2. The second-order valence-corrected chi connectivity index (χ2v) is 5.87. The van der Waals surface area contributed by atoms with Gasteiger partial charge in [0, 0.05) is 23.6 Å². The van der Waals surface area contributed by atoms with Gasteiger partial charge in [0.1, 0.15) is 24.2 Å². The van der Waals surface area contributed by atoms with Gasteiger partial charge in [-0.25, -0.2) is 13.6 Å². The van der Waals surface area contributed by atoms with E-state index in [9.17, 15) is 8.60 Å². The van der Waals surface area contributed by atoms with Gasteiger partial charge in [-0.1, -0.05) is 0 Å². The Kier molecular flexibility index (Phi) is 4.82. The summed E-state index contributed by atoms with van der Waals surface area (Å²) in [5.41, 5.74) is 6.55. The first-order valence-electron chi connectivity index (χ1n) is 7.27. The van der Waals surface area contributed by atoms with Crippen LogP contribution in [0, 0.1) is 0 Å². The molecule has 1 aliphatic carbocycles. The topological polar surface area (TPSA) is 83.0 Å². The normalized spacial score (nSPS) is 15.0. The number of halogens is 1. The van der Waals surface area contributed by atoms with Crippen LogP contribution in [0.25, 0.3) is 11.4 Å². The van der Waals surface area contributed by atoms with Gasteiger partial charge in [0.05, 0.1) is 6.33 Å². The second-order valence-electron chi connectivity index (χ2n) is 5.32. The average Bonchev–Trinajstić information content (AvgIpc) is 3.35. The summed E-state index contributed by atoms with van der Waals surface area (Å²) in [5, 5.41) is 4.26. The molecule has 0 saturated heterocycles. The van der Waals surface area contributed by atoms with Gasteiger partial charge in [-0.3, -0.25) is 0 Å². The smallest absolute Gasteiger partial charge is 0.172 e. The molecule has 1 aromatic heterocycles. The van der Waals surface area contributed by atoms with Crippen LogP contribution in [0.5, 0.6) is 5.75 Å². The molecule has 1 saturated carbocycles. The van der Waals surface area contributed by atoms with Crippen LogP contribution in [-0.4, -0.2) is 31.5 Å². The van der Waals surface area contributed by atoms with Crippen LogP contribution < -0.4 is 10.5 Å². The van der Waals surface area contributed by atoms with Crippen molar-refractivity contribution in [2.45, 2.75) is 18.8 Å². The predicted octanol–water partition coefficient (Wildman–Crippen LogP) is 1.72. The van der Waals surface area contributed by atoms with Crippen molar-refractivity contribution in [3.8, 4) is 17.1 Å². The number of rotatable bonds is 7. The fraction of sp³-hybridized carbons (Fsp3) is 0.333. The Morgan fingerprint density at radius 2 is 2.17 bits per heavy atom. The Morgan fingerprint density at radius 1 is 1.43 bits per heavy atom. The molecule has 3 rings (SSSR count). The number of nitrogens with two attached hydrogens (primary N) is 1. The molecule has 0 aliphatic heterocycles. The minimum absolute atomic E-state index is 0.105. The largest absolute Gasteiger partial charge is 0.489 e. The molecule has 122 valence electrons. The first-order valence-corrected chi connectivity index (χ1v) is 8.03. The summed E-state index contributed by atoms with van der Waals surface area (Å²) in [4.78, 5) is 4.47. The van der Waals surface area contributed by atoms with E-state index in [4.69, 9.17) is 10.5 Å². The molecule has 0 unspecified atom stereocenters. The van der Waals surface area contributed by atoms with E-state index in [0.717, 1.165) is 24.2 Å². The maximum Gasteiger partial charge on any atom is 0.172 e. The third-order valence-corrected chi connectivity index (χ3v) is 4.01. The van der Waals surface area contributed by atoms with Crippen molar-refractivity contribution in [1.29, 1.82) is 0 Å². The third kappa shape index (κ3) is 3.65. The van der Waals surface area contributed by atoms with E-state index in [1.165, 1.54) is 4.09 Å². The van der Waals surface area contributed by atoms with Gasteiger partial charge in [0.25, 0.3) is 0 Å². The molecule has 0 bridgehead atoms. The van der Waals surface area contributed by atoms with E-state index in [2.05, 4.69) is 10.1 Å². The van der Waals surface area contributed by atoms with Crippen molar-refractivity contribution in [2.75, 3.05) is 13.2 Å². The van der Waals surface area contributed by atoms with Gasteiger partial charge < -0.3 is 10.5 Å². The molecule has 2 N–H and O–H groups in total. The minimum atomic E-state index is -0.216. The van der Waals surface area contributed by atoms with Crippen molar-refractivity contribution in [1.82, 2.24) is 14.2 Å². The van der Waals surface area contributed by atoms with E-state index in [1.54, 1.807) is 24.3 Å². The summed E-state index contributed by atoms with van der Waals surface area (Å²) in [6.45, 7) is 0.220. The molecule has 0 atom stereocenters. The highest BCUT2D eigenvalue weighted by Gasteiger charge is 2.29. The molecule has 1 heterocycles. The fourth-order valence-corrected chi connectivity index (χ4v) is 2.45. The Balaban J connectivity index is 1.75. The number of hydrogen-bond donors (Lipinski definition) is 2. The first kappa shape index (κ1) is 15.8. The Morgan fingerprint density at radius 3 is 2.74 bits per heavy atom. The fourth-order valence-electron chi connectivity index (χ4n) is 2.08. The number of aromatic nitrogens is 3. The zero-order valence-electron chi connectivity index (χ0n) is 12.4. The number of thiol groups is 1. The highest BCUT2D eigenvalue weighted by molar-refractivity contribution is 7.63. The van der Waals surface area contributed by atoms with Gasteiger partial charge in [-0.05, 0) is 37.1 Å². The molecule has 1 aromatic carbocycles. The summed E-state index contributed by atoms with van der Waals surface area (Å²) < 4.78 is 30.5. The van der Waals surface area contributed by atoms with Crippen molar-refractivity contribution in [3.63, 3.8) is 0 Å².